The fraction of sp³-hybridized carbons (Fsp3) is 0.318. The molecular formula is C22H23BrN4OS. The van der Waals surface area contributed by atoms with Crippen LogP contribution in [-0.2, 0) is 6.42 Å². The summed E-state index contributed by atoms with van der Waals surface area (Å²) in [6, 6.07) is 16.2. The molecule has 4 rings (SSSR count). The summed E-state index contributed by atoms with van der Waals surface area (Å²) in [4.78, 5) is 21.9. The summed E-state index contributed by atoms with van der Waals surface area (Å²) >= 11 is 4.93. The molecule has 29 heavy (non-hydrogen) atoms. The fourth-order valence-electron chi connectivity index (χ4n) is 3.56. The van der Waals surface area contributed by atoms with Crippen LogP contribution >= 0.6 is 27.5 Å². The molecule has 0 radical (unpaired) electrons. The number of hydrogen-bond donors (Lipinski definition) is 0. The van der Waals surface area contributed by atoms with Crippen molar-refractivity contribution in [3.05, 3.63) is 75.5 Å². The van der Waals surface area contributed by atoms with E-state index < -0.39 is 0 Å². The Morgan fingerprint density at radius 1 is 1.17 bits per heavy atom. The molecule has 2 aromatic carbocycles. The molecule has 1 aliphatic heterocycles. The normalized spacial score (nSPS) is 16.9. The van der Waals surface area contributed by atoms with Crippen LogP contribution in [0.2, 0.25) is 0 Å². The molecule has 3 aromatic rings. The Bertz CT molecular complexity index is 1000. The first-order valence-corrected chi connectivity index (χ1v) is 11.3. The number of amides is 1. The number of piperazine rings is 1. The standard InChI is InChI=1S/C22H23BrN4OS/c1-15-7-9-17(10-8-15)13-20-24-22(29-25-20)26-11-12-27(16(2)14-26)21(28)18-5-3-4-6-19(18)23/h3-10,16H,11-14H2,1-2H3. The van der Waals surface area contributed by atoms with Gasteiger partial charge in [-0.1, -0.05) is 42.0 Å². The van der Waals surface area contributed by atoms with Gasteiger partial charge in [-0.15, -0.1) is 0 Å². The number of aryl methyl sites for hydroxylation is 1. The molecule has 1 atom stereocenters. The fourth-order valence-corrected chi connectivity index (χ4v) is 4.73. The minimum absolute atomic E-state index is 0.0712. The number of halogens is 1. The van der Waals surface area contributed by atoms with E-state index in [1.165, 1.54) is 22.7 Å². The Morgan fingerprint density at radius 2 is 1.93 bits per heavy atom. The zero-order valence-corrected chi connectivity index (χ0v) is 18.9. The number of aromatic nitrogens is 2. The first-order valence-electron chi connectivity index (χ1n) is 9.70. The van der Waals surface area contributed by atoms with Crippen LogP contribution in [0.4, 0.5) is 5.13 Å². The summed E-state index contributed by atoms with van der Waals surface area (Å²) in [5.41, 5.74) is 3.19. The largest absolute Gasteiger partial charge is 0.343 e. The zero-order chi connectivity index (χ0) is 20.4. The van der Waals surface area contributed by atoms with E-state index in [2.05, 4.69) is 63.3 Å². The maximum absolute atomic E-state index is 13.0. The number of carbonyl (C=O) groups is 1. The van der Waals surface area contributed by atoms with Gasteiger partial charge >= 0.3 is 0 Å². The summed E-state index contributed by atoms with van der Waals surface area (Å²) < 4.78 is 5.39. The van der Waals surface area contributed by atoms with Crippen LogP contribution in [0.5, 0.6) is 0 Å². The van der Waals surface area contributed by atoms with Crippen LogP contribution in [0.15, 0.2) is 53.0 Å². The van der Waals surface area contributed by atoms with E-state index in [4.69, 9.17) is 4.98 Å². The summed E-state index contributed by atoms with van der Waals surface area (Å²) in [5.74, 6) is 0.926. The molecule has 7 heteroatoms. The summed E-state index contributed by atoms with van der Waals surface area (Å²) in [5, 5.41) is 0.937. The Balaban J connectivity index is 1.41. The predicted molar refractivity (Wildman–Crippen MR) is 121 cm³/mol. The molecule has 0 saturated carbocycles. The maximum atomic E-state index is 13.0. The van der Waals surface area contributed by atoms with Crippen molar-refractivity contribution in [2.45, 2.75) is 26.3 Å². The second-order valence-corrected chi connectivity index (χ2v) is 9.01. The topological polar surface area (TPSA) is 49.3 Å². The molecule has 150 valence electrons. The number of rotatable bonds is 4. The highest BCUT2D eigenvalue weighted by Gasteiger charge is 2.30. The monoisotopic (exact) mass is 470 g/mol. The molecule has 1 aromatic heterocycles. The van der Waals surface area contributed by atoms with E-state index in [0.717, 1.165) is 34.9 Å². The van der Waals surface area contributed by atoms with Gasteiger partial charge in [0.05, 0.1) is 5.56 Å². The third kappa shape index (κ3) is 4.51. The first-order chi connectivity index (χ1) is 14.0. The number of hydrogen-bond acceptors (Lipinski definition) is 5. The van der Waals surface area contributed by atoms with E-state index in [0.29, 0.717) is 12.1 Å². The summed E-state index contributed by atoms with van der Waals surface area (Å²) in [6.07, 6.45) is 0.743. The molecule has 5 nitrogen and oxygen atoms in total. The number of benzene rings is 2. The number of carbonyl (C=O) groups excluding carboxylic acids is 1. The second-order valence-electron chi connectivity index (χ2n) is 7.43. The van der Waals surface area contributed by atoms with Crippen molar-refractivity contribution in [3.63, 3.8) is 0 Å². The highest BCUT2D eigenvalue weighted by molar-refractivity contribution is 9.10. The molecule has 1 amide bonds. The van der Waals surface area contributed by atoms with Crippen molar-refractivity contribution >= 4 is 38.5 Å². The third-order valence-electron chi connectivity index (χ3n) is 5.20. The lowest BCUT2D eigenvalue weighted by atomic mass is 10.1. The van der Waals surface area contributed by atoms with Crippen LogP contribution in [0.1, 0.15) is 34.2 Å². The molecule has 1 fully saturated rings. The van der Waals surface area contributed by atoms with Gasteiger partial charge in [-0.05, 0) is 47.5 Å². The van der Waals surface area contributed by atoms with Gasteiger partial charge in [0.1, 0.15) is 5.82 Å². The van der Waals surface area contributed by atoms with Crippen LogP contribution < -0.4 is 4.90 Å². The lowest BCUT2D eigenvalue weighted by Crippen LogP contribution is -2.54. The highest BCUT2D eigenvalue weighted by atomic mass is 79.9. The van der Waals surface area contributed by atoms with Crippen molar-refractivity contribution in [3.8, 4) is 0 Å². The van der Waals surface area contributed by atoms with Crippen molar-refractivity contribution in [1.82, 2.24) is 14.3 Å². The lowest BCUT2D eigenvalue weighted by molar-refractivity contribution is 0.0673. The quantitative estimate of drug-likeness (QED) is 0.560. The Kier molecular flexibility index (Phi) is 5.96. The van der Waals surface area contributed by atoms with E-state index in [9.17, 15) is 4.79 Å². The number of nitrogens with zero attached hydrogens (tertiary/aromatic N) is 4. The van der Waals surface area contributed by atoms with Crippen LogP contribution in [-0.4, -0.2) is 45.8 Å². The maximum Gasteiger partial charge on any atom is 0.255 e. The summed E-state index contributed by atoms with van der Waals surface area (Å²) in [6.45, 7) is 6.38. The third-order valence-corrected chi connectivity index (χ3v) is 6.71. The Hall–Kier alpha value is -2.25. The summed E-state index contributed by atoms with van der Waals surface area (Å²) in [7, 11) is 0. The molecule has 2 heterocycles. The van der Waals surface area contributed by atoms with Gasteiger partial charge in [0.15, 0.2) is 0 Å². The van der Waals surface area contributed by atoms with E-state index >= 15 is 0 Å². The molecule has 0 bridgehead atoms. The first kappa shape index (κ1) is 20.0. The Labute approximate surface area is 183 Å². The van der Waals surface area contributed by atoms with Gasteiger partial charge in [0.25, 0.3) is 5.91 Å². The van der Waals surface area contributed by atoms with Crippen LogP contribution in [0.25, 0.3) is 0 Å². The van der Waals surface area contributed by atoms with Crippen molar-refractivity contribution in [1.29, 1.82) is 0 Å². The van der Waals surface area contributed by atoms with Crippen molar-refractivity contribution in [2.75, 3.05) is 24.5 Å². The van der Waals surface area contributed by atoms with Crippen molar-refractivity contribution in [2.24, 2.45) is 0 Å². The Morgan fingerprint density at radius 3 is 2.66 bits per heavy atom. The van der Waals surface area contributed by atoms with E-state index in [1.54, 1.807) is 0 Å². The molecule has 0 N–H and O–H groups in total. The van der Waals surface area contributed by atoms with Crippen LogP contribution in [0, 0.1) is 6.92 Å². The molecule has 1 aliphatic rings. The predicted octanol–water partition coefficient (Wildman–Crippen LogP) is 4.55. The van der Waals surface area contributed by atoms with E-state index in [1.807, 2.05) is 29.2 Å². The average Bonchev–Trinajstić information content (AvgIpc) is 3.18. The number of anilines is 1. The molecule has 1 unspecified atom stereocenters. The van der Waals surface area contributed by atoms with Gasteiger partial charge in [0.2, 0.25) is 5.13 Å². The molecule has 0 aliphatic carbocycles. The minimum atomic E-state index is 0.0712. The van der Waals surface area contributed by atoms with Gasteiger partial charge in [-0.25, -0.2) is 4.98 Å². The van der Waals surface area contributed by atoms with Crippen molar-refractivity contribution < 1.29 is 4.79 Å². The molecule has 0 spiro atoms. The minimum Gasteiger partial charge on any atom is -0.343 e. The highest BCUT2D eigenvalue weighted by Crippen LogP contribution is 2.25. The van der Waals surface area contributed by atoms with E-state index in [-0.39, 0.29) is 11.9 Å². The van der Waals surface area contributed by atoms with Gasteiger partial charge in [-0.3, -0.25) is 4.79 Å². The van der Waals surface area contributed by atoms with Gasteiger partial charge < -0.3 is 9.80 Å². The SMILES string of the molecule is Cc1ccc(Cc2nsc(N3CCN(C(=O)c4ccccc4Br)C(C)C3)n2)cc1. The smallest absolute Gasteiger partial charge is 0.255 e. The van der Waals surface area contributed by atoms with Gasteiger partial charge in [0, 0.05) is 48.1 Å². The van der Waals surface area contributed by atoms with Gasteiger partial charge in [-0.2, -0.15) is 4.37 Å². The van der Waals surface area contributed by atoms with Crippen LogP contribution in [0.3, 0.4) is 0 Å². The lowest BCUT2D eigenvalue weighted by Gasteiger charge is -2.39. The molecule has 1 saturated heterocycles. The average molecular weight is 471 g/mol. The molecular weight excluding hydrogens is 448 g/mol. The zero-order valence-electron chi connectivity index (χ0n) is 16.5. The second kappa shape index (κ2) is 8.63.